The molecule has 0 aliphatic heterocycles. The summed E-state index contributed by atoms with van der Waals surface area (Å²) in [5.41, 5.74) is 3.22. The molecule has 0 spiro atoms. The molecule has 0 aliphatic rings. The number of unbranched alkanes of at least 4 members (excludes halogenated alkanes) is 1. The Morgan fingerprint density at radius 2 is 1.84 bits per heavy atom. The molecule has 0 radical (unpaired) electrons. The van der Waals surface area contributed by atoms with Crippen molar-refractivity contribution in [2.45, 2.75) is 43.0 Å². The third-order valence-corrected chi connectivity index (χ3v) is 6.15. The summed E-state index contributed by atoms with van der Waals surface area (Å²) in [4.78, 5) is 20.5. The van der Waals surface area contributed by atoms with E-state index in [-0.39, 0.29) is 16.2 Å². The Balaban J connectivity index is 2.20. The highest BCUT2D eigenvalue weighted by Crippen LogP contribution is 2.46. The van der Waals surface area contributed by atoms with Crippen LogP contribution in [-0.2, 0) is 6.42 Å². The number of allylic oxidation sites excluding steroid dienone is 1. The Bertz CT molecular complexity index is 1150. The lowest BCUT2D eigenvalue weighted by molar-refractivity contribution is 0.396. The number of hydrogen-bond acceptors (Lipinski definition) is 6. The number of ether oxygens (including phenoxy) is 2. The molecule has 0 bridgehead atoms. The summed E-state index contributed by atoms with van der Waals surface area (Å²) in [6.07, 6.45) is 4.11. The van der Waals surface area contributed by atoms with E-state index in [2.05, 4.69) is 23.5 Å². The first-order valence-electron chi connectivity index (χ1n) is 10.4. The highest BCUT2D eigenvalue weighted by Gasteiger charge is 2.25. The number of aromatic amines is 1. The molecule has 2 aromatic heterocycles. The highest BCUT2D eigenvalue weighted by molar-refractivity contribution is 7.99. The number of hydrogen-bond donors (Lipinski definition) is 2. The van der Waals surface area contributed by atoms with E-state index in [1.54, 1.807) is 32.5 Å². The molecule has 0 unspecified atom stereocenters. The minimum atomic E-state index is -0.359. The Hall–Kier alpha value is -3.19. The summed E-state index contributed by atoms with van der Waals surface area (Å²) in [5, 5.41) is 11.9. The van der Waals surface area contributed by atoms with Gasteiger partial charge in [0.25, 0.3) is 5.56 Å². The smallest absolute Gasteiger partial charge is 0.266 e. The average molecular weight is 453 g/mol. The number of nitrogens with zero attached hydrogens (tertiary/aromatic N) is 1. The van der Waals surface area contributed by atoms with Gasteiger partial charge in [-0.2, -0.15) is 0 Å². The molecule has 0 saturated heterocycles. The van der Waals surface area contributed by atoms with Crippen molar-refractivity contribution >= 4 is 17.3 Å². The third kappa shape index (κ3) is 4.83. The lowest BCUT2D eigenvalue weighted by atomic mass is 9.98. The monoisotopic (exact) mass is 452 g/mol. The van der Waals surface area contributed by atoms with E-state index in [4.69, 9.17) is 9.47 Å². The van der Waals surface area contributed by atoms with Gasteiger partial charge >= 0.3 is 0 Å². The van der Waals surface area contributed by atoms with Crippen molar-refractivity contribution in [3.8, 4) is 28.4 Å². The highest BCUT2D eigenvalue weighted by atomic mass is 32.2. The van der Waals surface area contributed by atoms with Crippen molar-refractivity contribution < 1.29 is 14.6 Å². The van der Waals surface area contributed by atoms with Crippen LogP contribution in [0.25, 0.3) is 16.7 Å². The Kier molecular flexibility index (Phi) is 7.64. The minimum absolute atomic E-state index is 0.113. The Morgan fingerprint density at radius 3 is 2.38 bits per heavy atom. The molecule has 3 rings (SSSR count). The topological polar surface area (TPSA) is 84.4 Å². The lowest BCUT2D eigenvalue weighted by Gasteiger charge is -2.19. The maximum absolute atomic E-state index is 13.0. The Labute approximate surface area is 192 Å². The molecule has 168 valence electrons. The number of benzene rings is 1. The molecule has 2 N–H and O–H groups in total. The number of aromatic hydroxyl groups is 1. The van der Waals surface area contributed by atoms with Gasteiger partial charge in [0.15, 0.2) is 0 Å². The van der Waals surface area contributed by atoms with E-state index >= 15 is 0 Å². The molecule has 0 amide bonds. The van der Waals surface area contributed by atoms with Gasteiger partial charge in [0.2, 0.25) is 0 Å². The third-order valence-electron chi connectivity index (χ3n) is 5.12. The lowest BCUT2D eigenvalue weighted by Crippen LogP contribution is -2.14. The zero-order valence-electron chi connectivity index (χ0n) is 18.8. The van der Waals surface area contributed by atoms with E-state index < -0.39 is 0 Å². The molecule has 32 heavy (non-hydrogen) atoms. The van der Waals surface area contributed by atoms with Crippen LogP contribution in [0.2, 0.25) is 0 Å². The number of pyridine rings is 2. The van der Waals surface area contributed by atoms with Crippen molar-refractivity contribution in [1.82, 2.24) is 9.97 Å². The van der Waals surface area contributed by atoms with Crippen LogP contribution in [0.4, 0.5) is 0 Å². The van der Waals surface area contributed by atoms with Crippen LogP contribution in [0.1, 0.15) is 37.9 Å². The van der Waals surface area contributed by atoms with Crippen LogP contribution in [0, 0.1) is 0 Å². The summed E-state index contributed by atoms with van der Waals surface area (Å²) >= 11 is 1.11. The molecule has 0 aliphatic carbocycles. The van der Waals surface area contributed by atoms with E-state index in [9.17, 15) is 9.90 Å². The number of rotatable bonds is 9. The van der Waals surface area contributed by atoms with Gasteiger partial charge in [-0.25, -0.2) is 4.98 Å². The van der Waals surface area contributed by atoms with E-state index in [1.807, 2.05) is 25.1 Å². The summed E-state index contributed by atoms with van der Waals surface area (Å²) in [7, 11) is 3.13. The van der Waals surface area contributed by atoms with Crippen molar-refractivity contribution in [3.63, 3.8) is 0 Å². The molecule has 0 atom stereocenters. The fraction of sp³-hybridized carbons (Fsp3) is 0.280. The second-order valence-electron chi connectivity index (χ2n) is 7.39. The van der Waals surface area contributed by atoms with E-state index in [0.717, 1.165) is 35.7 Å². The number of aromatic nitrogens is 2. The molecular weight excluding hydrogens is 424 g/mol. The second kappa shape index (κ2) is 10.4. The number of nitrogens with one attached hydrogen (secondary N) is 1. The predicted octanol–water partition coefficient (Wildman–Crippen LogP) is 5.69. The van der Waals surface area contributed by atoms with Crippen LogP contribution in [0.5, 0.6) is 17.2 Å². The van der Waals surface area contributed by atoms with Crippen molar-refractivity contribution in [2.24, 2.45) is 0 Å². The predicted molar refractivity (Wildman–Crippen MR) is 129 cm³/mol. The van der Waals surface area contributed by atoms with Gasteiger partial charge in [0, 0.05) is 11.9 Å². The maximum atomic E-state index is 13.0. The largest absolute Gasteiger partial charge is 0.506 e. The summed E-state index contributed by atoms with van der Waals surface area (Å²) < 4.78 is 11.1. The van der Waals surface area contributed by atoms with Gasteiger partial charge in [-0.1, -0.05) is 43.8 Å². The summed E-state index contributed by atoms with van der Waals surface area (Å²) in [5.74, 6) is 0.979. The minimum Gasteiger partial charge on any atom is -0.506 e. The number of H-pyrrole nitrogens is 1. The molecule has 7 heteroatoms. The van der Waals surface area contributed by atoms with Crippen molar-refractivity contribution in [3.05, 3.63) is 64.7 Å². The first-order valence-corrected chi connectivity index (χ1v) is 11.2. The number of methoxy groups -OCH3 is 2. The van der Waals surface area contributed by atoms with E-state index in [1.165, 1.54) is 0 Å². The average Bonchev–Trinajstić information content (AvgIpc) is 2.80. The first kappa shape index (κ1) is 23.5. The van der Waals surface area contributed by atoms with Gasteiger partial charge in [-0.05, 0) is 49.1 Å². The van der Waals surface area contributed by atoms with E-state index in [0.29, 0.717) is 39.8 Å². The first-order chi connectivity index (χ1) is 15.4. The maximum Gasteiger partial charge on any atom is 0.266 e. The van der Waals surface area contributed by atoms with Crippen molar-refractivity contribution in [1.29, 1.82) is 0 Å². The number of aryl methyl sites for hydroxylation is 1. The van der Waals surface area contributed by atoms with Gasteiger partial charge < -0.3 is 19.6 Å². The summed E-state index contributed by atoms with van der Waals surface area (Å²) in [6.45, 7) is 7.89. The van der Waals surface area contributed by atoms with Crippen LogP contribution in [0.15, 0.2) is 57.8 Å². The molecule has 0 saturated carbocycles. The van der Waals surface area contributed by atoms with Gasteiger partial charge in [-0.3, -0.25) is 4.79 Å². The quantitative estimate of drug-likeness (QED) is 0.434. The second-order valence-corrected chi connectivity index (χ2v) is 8.42. The molecule has 2 heterocycles. The van der Waals surface area contributed by atoms with Crippen LogP contribution in [0.3, 0.4) is 0 Å². The zero-order valence-corrected chi connectivity index (χ0v) is 19.6. The fourth-order valence-electron chi connectivity index (χ4n) is 3.42. The van der Waals surface area contributed by atoms with Gasteiger partial charge in [-0.15, -0.1) is 0 Å². The fourth-order valence-corrected chi connectivity index (χ4v) is 4.21. The molecular formula is C25H28N2O4S. The zero-order chi connectivity index (χ0) is 23.3. The molecule has 3 aromatic rings. The molecule has 1 aromatic carbocycles. The van der Waals surface area contributed by atoms with Crippen LogP contribution in [-0.4, -0.2) is 29.3 Å². The van der Waals surface area contributed by atoms with Crippen LogP contribution >= 0.6 is 11.8 Å². The van der Waals surface area contributed by atoms with Crippen LogP contribution < -0.4 is 15.0 Å². The molecule has 6 nitrogen and oxygen atoms in total. The van der Waals surface area contributed by atoms with Gasteiger partial charge in [0.1, 0.15) is 27.2 Å². The molecule has 0 fully saturated rings. The van der Waals surface area contributed by atoms with Gasteiger partial charge in [0.05, 0.1) is 25.3 Å². The van der Waals surface area contributed by atoms with Crippen molar-refractivity contribution in [2.75, 3.05) is 14.2 Å². The summed E-state index contributed by atoms with van der Waals surface area (Å²) in [6, 6.07) is 9.12. The SMILES string of the molecule is C=C(C)c1ccc(Sc2c(O)c(-c3c(OC)cccc3OC)c(CCCC)[nH]c2=O)nc1. The Morgan fingerprint density at radius 1 is 1.16 bits per heavy atom. The normalized spacial score (nSPS) is 10.8. The standard InChI is InChI=1S/C25H28N2O4S/c1-6-7-9-17-21(22-18(30-4)10-8-11-19(22)31-5)23(28)24(25(29)27-17)32-20-13-12-16(14-26-20)15(2)3/h8,10-14H,2,6-7,9H2,1,3-5H3,(H2,27,28,29).